The van der Waals surface area contributed by atoms with Gasteiger partial charge in [-0.15, -0.1) is 0 Å². The third kappa shape index (κ3) is 3.93. The van der Waals surface area contributed by atoms with E-state index in [-0.39, 0.29) is 0 Å². The molecule has 1 N–H and O–H groups in total. The SMILES string of the molecule is CC1CCN(Cn2[nH]c(/C=C/c3ccccc3)nc2=S)CC1. The number of aromatic amines is 1. The minimum absolute atomic E-state index is 0.617. The van der Waals surface area contributed by atoms with Gasteiger partial charge in [0.2, 0.25) is 4.77 Å². The van der Waals surface area contributed by atoms with Crippen LogP contribution in [0.4, 0.5) is 0 Å². The molecular weight excluding hydrogens is 292 g/mol. The van der Waals surface area contributed by atoms with Gasteiger partial charge in [-0.25, -0.2) is 4.68 Å². The van der Waals surface area contributed by atoms with E-state index in [1.54, 1.807) is 0 Å². The lowest BCUT2D eigenvalue weighted by Crippen LogP contribution is -2.34. The fourth-order valence-corrected chi connectivity index (χ4v) is 2.89. The molecule has 1 aromatic carbocycles. The molecule has 0 amide bonds. The molecule has 3 rings (SSSR count). The number of likely N-dealkylation sites (tertiary alicyclic amines) is 1. The Labute approximate surface area is 136 Å². The lowest BCUT2D eigenvalue weighted by atomic mass is 10.00. The Morgan fingerprint density at radius 3 is 2.68 bits per heavy atom. The highest BCUT2D eigenvalue weighted by atomic mass is 32.1. The second-order valence-corrected chi connectivity index (χ2v) is 6.37. The molecule has 2 aromatic rings. The lowest BCUT2D eigenvalue weighted by molar-refractivity contribution is 0.146. The summed E-state index contributed by atoms with van der Waals surface area (Å²) >= 11 is 5.36. The number of nitrogens with one attached hydrogen (secondary N) is 1. The zero-order chi connectivity index (χ0) is 15.4. The molecule has 5 heteroatoms. The third-order valence-corrected chi connectivity index (χ3v) is 4.46. The molecular formula is C17H22N4S. The van der Waals surface area contributed by atoms with Crippen molar-refractivity contribution in [3.05, 3.63) is 46.5 Å². The van der Waals surface area contributed by atoms with Crippen LogP contribution in [0, 0.1) is 10.7 Å². The number of piperidine rings is 1. The van der Waals surface area contributed by atoms with Crippen LogP contribution in [0.3, 0.4) is 0 Å². The molecule has 0 aliphatic carbocycles. The van der Waals surface area contributed by atoms with E-state index in [2.05, 4.69) is 34.0 Å². The van der Waals surface area contributed by atoms with E-state index in [1.165, 1.54) is 12.8 Å². The summed E-state index contributed by atoms with van der Waals surface area (Å²) in [6, 6.07) is 10.2. The summed E-state index contributed by atoms with van der Waals surface area (Å²) in [7, 11) is 0. The molecule has 22 heavy (non-hydrogen) atoms. The summed E-state index contributed by atoms with van der Waals surface area (Å²) in [5.74, 6) is 1.65. The Morgan fingerprint density at radius 1 is 1.23 bits per heavy atom. The number of hydrogen-bond donors (Lipinski definition) is 1. The molecule has 116 valence electrons. The normalized spacial score (nSPS) is 17.3. The Bertz CT molecular complexity index is 678. The highest BCUT2D eigenvalue weighted by molar-refractivity contribution is 7.71. The summed E-state index contributed by atoms with van der Waals surface area (Å²) in [5, 5.41) is 3.28. The number of H-pyrrole nitrogens is 1. The van der Waals surface area contributed by atoms with Crippen LogP contribution in [0.15, 0.2) is 30.3 Å². The molecule has 1 saturated heterocycles. The Kier molecular flexibility index (Phi) is 4.85. The number of aromatic nitrogens is 3. The van der Waals surface area contributed by atoms with Crippen molar-refractivity contribution in [1.82, 2.24) is 19.7 Å². The lowest BCUT2D eigenvalue weighted by Gasteiger charge is -2.29. The van der Waals surface area contributed by atoms with Crippen LogP contribution >= 0.6 is 12.2 Å². The highest BCUT2D eigenvalue weighted by Crippen LogP contribution is 2.16. The topological polar surface area (TPSA) is 36.9 Å². The van der Waals surface area contributed by atoms with Gasteiger partial charge in [0.05, 0.1) is 6.67 Å². The minimum atomic E-state index is 0.617. The largest absolute Gasteiger partial charge is 0.284 e. The van der Waals surface area contributed by atoms with Gasteiger partial charge >= 0.3 is 0 Å². The zero-order valence-electron chi connectivity index (χ0n) is 12.9. The van der Waals surface area contributed by atoms with E-state index < -0.39 is 0 Å². The summed E-state index contributed by atoms with van der Waals surface area (Å²) in [6.45, 7) is 5.40. The maximum Gasteiger partial charge on any atom is 0.217 e. The highest BCUT2D eigenvalue weighted by Gasteiger charge is 2.16. The third-order valence-electron chi connectivity index (χ3n) is 4.15. The maximum absolute atomic E-state index is 5.36. The van der Waals surface area contributed by atoms with Gasteiger partial charge in [-0.05, 0) is 42.6 Å². The van der Waals surface area contributed by atoms with Crippen molar-refractivity contribution in [2.24, 2.45) is 5.92 Å². The molecule has 0 atom stereocenters. The number of benzene rings is 1. The van der Waals surface area contributed by atoms with Gasteiger partial charge in [-0.1, -0.05) is 43.3 Å². The average molecular weight is 314 g/mol. The van der Waals surface area contributed by atoms with Crippen LogP contribution < -0.4 is 0 Å². The average Bonchev–Trinajstić information content (AvgIpc) is 2.89. The van der Waals surface area contributed by atoms with Gasteiger partial charge in [-0.3, -0.25) is 10.00 Å². The first kappa shape index (κ1) is 15.2. The van der Waals surface area contributed by atoms with E-state index in [4.69, 9.17) is 12.2 Å². The van der Waals surface area contributed by atoms with E-state index in [0.29, 0.717) is 4.77 Å². The molecule has 2 heterocycles. The van der Waals surface area contributed by atoms with Crippen molar-refractivity contribution in [3.63, 3.8) is 0 Å². The number of nitrogens with zero attached hydrogens (tertiary/aromatic N) is 3. The molecule has 0 bridgehead atoms. The first-order chi connectivity index (χ1) is 10.7. The van der Waals surface area contributed by atoms with E-state index in [1.807, 2.05) is 35.0 Å². The van der Waals surface area contributed by atoms with Gasteiger partial charge in [0.1, 0.15) is 5.82 Å². The quantitative estimate of drug-likeness (QED) is 0.872. The smallest absolute Gasteiger partial charge is 0.217 e. The molecule has 4 nitrogen and oxygen atoms in total. The molecule has 0 unspecified atom stereocenters. The van der Waals surface area contributed by atoms with Crippen LogP contribution in [0.1, 0.15) is 31.2 Å². The molecule has 0 saturated carbocycles. The van der Waals surface area contributed by atoms with Crippen molar-refractivity contribution in [1.29, 1.82) is 0 Å². The summed E-state index contributed by atoms with van der Waals surface area (Å²) in [6.07, 6.45) is 6.55. The molecule has 0 radical (unpaired) electrons. The van der Waals surface area contributed by atoms with Gasteiger partial charge in [0.15, 0.2) is 0 Å². The van der Waals surface area contributed by atoms with Crippen LogP contribution in [0.2, 0.25) is 0 Å². The second-order valence-electron chi connectivity index (χ2n) is 6.01. The molecule has 1 aliphatic rings. The Balaban J connectivity index is 1.66. The summed E-state index contributed by atoms with van der Waals surface area (Å²) in [4.78, 5) is 6.84. The van der Waals surface area contributed by atoms with Crippen LogP contribution in [0.5, 0.6) is 0 Å². The number of hydrogen-bond acceptors (Lipinski definition) is 3. The van der Waals surface area contributed by atoms with Crippen molar-refractivity contribution in [2.75, 3.05) is 13.1 Å². The molecule has 1 aliphatic heterocycles. The minimum Gasteiger partial charge on any atom is -0.284 e. The van der Waals surface area contributed by atoms with Gasteiger partial charge in [-0.2, -0.15) is 4.98 Å². The first-order valence-corrected chi connectivity index (χ1v) is 8.24. The van der Waals surface area contributed by atoms with Crippen molar-refractivity contribution in [2.45, 2.75) is 26.4 Å². The predicted molar refractivity (Wildman–Crippen MR) is 92.8 cm³/mol. The van der Waals surface area contributed by atoms with Crippen LogP contribution in [0.25, 0.3) is 12.2 Å². The maximum atomic E-state index is 5.36. The summed E-state index contributed by atoms with van der Waals surface area (Å²) in [5.41, 5.74) is 1.15. The van der Waals surface area contributed by atoms with Crippen LogP contribution in [-0.4, -0.2) is 32.8 Å². The summed E-state index contributed by atoms with van der Waals surface area (Å²) < 4.78 is 2.57. The fraction of sp³-hybridized carbons (Fsp3) is 0.412. The van der Waals surface area contributed by atoms with Crippen LogP contribution in [-0.2, 0) is 6.67 Å². The molecule has 1 fully saturated rings. The predicted octanol–water partition coefficient (Wildman–Crippen LogP) is 3.80. The van der Waals surface area contributed by atoms with Gasteiger partial charge < -0.3 is 0 Å². The van der Waals surface area contributed by atoms with E-state index >= 15 is 0 Å². The standard InChI is InChI=1S/C17H22N4S/c1-14-9-11-20(12-10-14)13-21-17(22)18-16(19-21)8-7-15-5-3-2-4-6-15/h2-8,14H,9-13H2,1H3,(H,18,19,22)/b8-7+. The van der Waals surface area contributed by atoms with E-state index in [9.17, 15) is 0 Å². The fourth-order valence-electron chi connectivity index (χ4n) is 2.69. The number of rotatable bonds is 4. The molecule has 1 aromatic heterocycles. The Hall–Kier alpha value is -1.72. The second kappa shape index (κ2) is 7.03. The van der Waals surface area contributed by atoms with Gasteiger partial charge in [0, 0.05) is 13.1 Å². The van der Waals surface area contributed by atoms with Gasteiger partial charge in [0.25, 0.3) is 0 Å². The molecule has 0 spiro atoms. The van der Waals surface area contributed by atoms with Crippen molar-refractivity contribution >= 4 is 24.4 Å². The zero-order valence-corrected chi connectivity index (χ0v) is 13.7. The first-order valence-electron chi connectivity index (χ1n) is 7.83. The van der Waals surface area contributed by atoms with Crippen molar-refractivity contribution < 1.29 is 0 Å². The van der Waals surface area contributed by atoms with E-state index in [0.717, 1.165) is 37.1 Å². The van der Waals surface area contributed by atoms with Crippen molar-refractivity contribution in [3.8, 4) is 0 Å². The monoisotopic (exact) mass is 314 g/mol. The Morgan fingerprint density at radius 2 is 1.95 bits per heavy atom.